The third kappa shape index (κ3) is 4.11. The van der Waals surface area contributed by atoms with E-state index in [2.05, 4.69) is 5.32 Å². The molecule has 0 aliphatic carbocycles. The first-order valence-corrected chi connectivity index (χ1v) is 9.75. The molecular formula is C24H20ClN2O3. The molecule has 0 amide bonds. The lowest BCUT2D eigenvalue weighted by Crippen LogP contribution is -2.03. The third-order valence-corrected chi connectivity index (χ3v) is 4.95. The van der Waals surface area contributed by atoms with Gasteiger partial charge in [0.05, 0.1) is 24.9 Å². The van der Waals surface area contributed by atoms with Crippen molar-refractivity contribution in [1.82, 2.24) is 4.57 Å². The Kier molecular flexibility index (Phi) is 5.63. The van der Waals surface area contributed by atoms with Gasteiger partial charge in [-0.15, -0.1) is 0 Å². The molecule has 0 spiro atoms. The van der Waals surface area contributed by atoms with Gasteiger partial charge in [-0.25, -0.2) is 0 Å². The number of aromatic nitrogens is 1. The summed E-state index contributed by atoms with van der Waals surface area (Å²) in [4.78, 5) is 12.1. The molecule has 1 aromatic heterocycles. The lowest BCUT2D eigenvalue weighted by atomic mass is 10.1. The standard InChI is InChI=1S/C24H20ClN2O3/c1-16(28)27-15-17(21-13-20(29-2)11-12-23(21)27)14-26-22-5-3-4-6-24(22)30-19-9-7-18(25)8-10-19/h3-15,26H,1-2H3. The molecule has 0 unspecified atom stereocenters. The van der Waals surface area contributed by atoms with E-state index in [9.17, 15) is 4.79 Å². The predicted octanol–water partition coefficient (Wildman–Crippen LogP) is 6.38. The molecule has 0 aliphatic rings. The summed E-state index contributed by atoms with van der Waals surface area (Å²) in [7, 11) is 1.62. The fourth-order valence-electron chi connectivity index (χ4n) is 3.20. The van der Waals surface area contributed by atoms with Gasteiger partial charge in [0.25, 0.3) is 0 Å². The maximum absolute atomic E-state index is 12.1. The normalized spacial score (nSPS) is 10.8. The lowest BCUT2D eigenvalue weighted by molar-refractivity contribution is 0.0941. The summed E-state index contributed by atoms with van der Waals surface area (Å²) in [5, 5.41) is 4.86. The number of rotatable bonds is 6. The van der Waals surface area contributed by atoms with Crippen LogP contribution in [0.25, 0.3) is 10.9 Å². The van der Waals surface area contributed by atoms with Gasteiger partial charge in [0.2, 0.25) is 5.91 Å². The van der Waals surface area contributed by atoms with Gasteiger partial charge in [0.15, 0.2) is 5.75 Å². The summed E-state index contributed by atoms with van der Waals surface area (Å²) in [6.07, 6.45) is 1.81. The van der Waals surface area contributed by atoms with Gasteiger partial charge in [0.1, 0.15) is 11.5 Å². The highest BCUT2D eigenvalue weighted by Crippen LogP contribution is 2.32. The summed E-state index contributed by atoms with van der Waals surface area (Å²) >= 11 is 5.95. The van der Waals surface area contributed by atoms with Crippen molar-refractivity contribution in [2.75, 3.05) is 12.4 Å². The Morgan fingerprint density at radius 1 is 1.03 bits per heavy atom. The molecule has 0 saturated carbocycles. The fraction of sp³-hybridized carbons (Fsp3) is 0.0833. The molecule has 0 aliphatic heterocycles. The summed E-state index contributed by atoms with van der Waals surface area (Å²) in [6.45, 7) is 3.39. The molecular weight excluding hydrogens is 400 g/mol. The highest BCUT2D eigenvalue weighted by molar-refractivity contribution is 6.30. The molecule has 0 saturated heterocycles. The van der Waals surface area contributed by atoms with E-state index in [0.29, 0.717) is 16.5 Å². The van der Waals surface area contributed by atoms with Crippen LogP contribution in [-0.4, -0.2) is 17.6 Å². The van der Waals surface area contributed by atoms with Crippen LogP contribution >= 0.6 is 11.6 Å². The van der Waals surface area contributed by atoms with Crippen LogP contribution in [0.5, 0.6) is 17.2 Å². The van der Waals surface area contributed by atoms with E-state index >= 15 is 0 Å². The highest BCUT2D eigenvalue weighted by atomic mass is 35.5. The van der Waals surface area contributed by atoms with Crippen molar-refractivity contribution in [2.45, 2.75) is 6.92 Å². The minimum Gasteiger partial charge on any atom is -0.497 e. The monoisotopic (exact) mass is 419 g/mol. The van der Waals surface area contributed by atoms with Gasteiger partial charge in [0, 0.05) is 29.1 Å². The fourth-order valence-corrected chi connectivity index (χ4v) is 3.32. The number of anilines is 1. The second-order valence-corrected chi connectivity index (χ2v) is 7.13. The van der Waals surface area contributed by atoms with Gasteiger partial charge in [-0.2, -0.15) is 0 Å². The van der Waals surface area contributed by atoms with Crippen molar-refractivity contribution in [3.63, 3.8) is 0 Å². The van der Waals surface area contributed by atoms with Crippen LogP contribution in [0.15, 0.2) is 72.9 Å². The van der Waals surface area contributed by atoms with Gasteiger partial charge in [-0.05, 0) is 54.6 Å². The number of nitrogens with zero attached hydrogens (tertiary/aromatic N) is 1. The molecule has 0 atom stereocenters. The number of benzene rings is 3. The molecule has 6 heteroatoms. The minimum absolute atomic E-state index is 0.0590. The van der Waals surface area contributed by atoms with Crippen LogP contribution in [0.1, 0.15) is 17.3 Å². The van der Waals surface area contributed by atoms with E-state index < -0.39 is 0 Å². The Labute approximate surface area is 179 Å². The lowest BCUT2D eigenvalue weighted by Gasteiger charge is -2.12. The number of hydrogen-bond donors (Lipinski definition) is 1. The number of para-hydroxylation sites is 2. The first kappa shape index (κ1) is 19.9. The van der Waals surface area contributed by atoms with Gasteiger partial charge < -0.3 is 14.8 Å². The first-order chi connectivity index (χ1) is 14.5. The average molecular weight is 420 g/mol. The van der Waals surface area contributed by atoms with E-state index in [1.165, 1.54) is 6.92 Å². The van der Waals surface area contributed by atoms with E-state index in [1.54, 1.807) is 23.8 Å². The molecule has 0 bridgehead atoms. The largest absolute Gasteiger partial charge is 0.497 e. The summed E-state index contributed by atoms with van der Waals surface area (Å²) < 4.78 is 13.0. The molecule has 4 aromatic rings. The number of halogens is 1. The zero-order valence-electron chi connectivity index (χ0n) is 16.6. The molecule has 3 aromatic carbocycles. The van der Waals surface area contributed by atoms with Crippen molar-refractivity contribution >= 4 is 34.1 Å². The summed E-state index contributed by atoms with van der Waals surface area (Å²) in [5.41, 5.74) is 2.47. The predicted molar refractivity (Wildman–Crippen MR) is 120 cm³/mol. The molecule has 0 fully saturated rings. The van der Waals surface area contributed by atoms with Gasteiger partial charge >= 0.3 is 0 Å². The molecule has 30 heavy (non-hydrogen) atoms. The number of hydrogen-bond acceptors (Lipinski definition) is 4. The Hall–Kier alpha value is -3.44. The van der Waals surface area contributed by atoms with Crippen LogP contribution in [-0.2, 0) is 0 Å². The van der Waals surface area contributed by atoms with Crippen molar-refractivity contribution in [3.8, 4) is 17.2 Å². The van der Waals surface area contributed by atoms with Crippen LogP contribution in [0, 0.1) is 6.54 Å². The van der Waals surface area contributed by atoms with Crippen molar-refractivity contribution in [2.24, 2.45) is 0 Å². The number of carbonyl (C=O) groups is 1. The zero-order chi connectivity index (χ0) is 21.1. The van der Waals surface area contributed by atoms with Crippen molar-refractivity contribution in [1.29, 1.82) is 0 Å². The van der Waals surface area contributed by atoms with Gasteiger partial charge in [-0.3, -0.25) is 9.36 Å². The highest BCUT2D eigenvalue weighted by Gasteiger charge is 2.13. The van der Waals surface area contributed by atoms with E-state index in [1.807, 2.05) is 67.3 Å². The number of nitrogens with one attached hydrogen (secondary N) is 1. The number of fused-ring (bicyclic) bond motifs is 1. The topological polar surface area (TPSA) is 52.5 Å². The summed E-state index contributed by atoms with van der Waals surface area (Å²) in [6, 6.07) is 20.5. The SMILES string of the molecule is COc1ccc2c(c1)c([CH]Nc1ccccc1Oc1ccc(Cl)cc1)cn2C(C)=O. The Balaban J connectivity index is 1.61. The van der Waals surface area contributed by atoms with Crippen LogP contribution < -0.4 is 14.8 Å². The van der Waals surface area contributed by atoms with Crippen molar-refractivity contribution in [3.05, 3.63) is 90.1 Å². The first-order valence-electron chi connectivity index (χ1n) is 9.37. The van der Waals surface area contributed by atoms with Crippen LogP contribution in [0.3, 0.4) is 0 Å². The average Bonchev–Trinajstić information content (AvgIpc) is 3.13. The minimum atomic E-state index is -0.0590. The number of methoxy groups -OCH3 is 1. The smallest absolute Gasteiger partial charge is 0.227 e. The second kappa shape index (κ2) is 8.51. The van der Waals surface area contributed by atoms with Crippen molar-refractivity contribution < 1.29 is 14.3 Å². The maximum Gasteiger partial charge on any atom is 0.227 e. The molecule has 4 rings (SSSR count). The summed E-state index contributed by atoms with van der Waals surface area (Å²) in [5.74, 6) is 2.02. The van der Waals surface area contributed by atoms with E-state index in [4.69, 9.17) is 21.1 Å². The molecule has 1 N–H and O–H groups in total. The van der Waals surface area contributed by atoms with Crippen LogP contribution in [0.4, 0.5) is 5.69 Å². The maximum atomic E-state index is 12.1. The molecule has 5 nitrogen and oxygen atoms in total. The third-order valence-electron chi connectivity index (χ3n) is 4.69. The number of ether oxygens (including phenoxy) is 2. The Bertz CT molecular complexity index is 1200. The van der Waals surface area contributed by atoms with Crippen LogP contribution in [0.2, 0.25) is 5.02 Å². The Morgan fingerprint density at radius 2 is 1.77 bits per heavy atom. The second-order valence-electron chi connectivity index (χ2n) is 6.70. The molecule has 1 heterocycles. The van der Waals surface area contributed by atoms with Gasteiger partial charge in [-0.1, -0.05) is 23.7 Å². The molecule has 1 radical (unpaired) electrons. The quantitative estimate of drug-likeness (QED) is 0.394. The van der Waals surface area contributed by atoms with E-state index in [0.717, 1.165) is 27.9 Å². The number of carbonyl (C=O) groups excluding carboxylic acids is 1. The Morgan fingerprint density at radius 3 is 2.50 bits per heavy atom. The molecule has 151 valence electrons. The zero-order valence-corrected chi connectivity index (χ0v) is 17.3. The van der Waals surface area contributed by atoms with E-state index in [-0.39, 0.29) is 5.91 Å².